The van der Waals surface area contributed by atoms with Gasteiger partial charge in [0.05, 0.1) is 24.8 Å². The summed E-state index contributed by atoms with van der Waals surface area (Å²) in [7, 11) is 0. The van der Waals surface area contributed by atoms with Crippen LogP contribution in [0.5, 0.6) is 0 Å². The molecule has 1 N–H and O–H groups in total. The fourth-order valence-electron chi connectivity index (χ4n) is 3.38. The van der Waals surface area contributed by atoms with Crippen LogP contribution >= 0.6 is 0 Å². The van der Waals surface area contributed by atoms with E-state index in [-0.39, 0.29) is 17.6 Å². The standard InChI is InChI=1S/C17H17N5O2/c18-8-12-7-11-3-1-4-13(11)20-17(12)21-14-9-24-10-15(14)22-16(23)5-2-6-19-22/h2,5-7,14-15H,1,3-4,9-10H2,(H,20,21). The minimum Gasteiger partial charge on any atom is -0.377 e. The summed E-state index contributed by atoms with van der Waals surface area (Å²) in [6, 6.07) is 6.86. The number of aromatic nitrogens is 3. The highest BCUT2D eigenvalue weighted by Crippen LogP contribution is 2.27. The van der Waals surface area contributed by atoms with E-state index in [4.69, 9.17) is 4.74 Å². The van der Waals surface area contributed by atoms with Crippen molar-refractivity contribution in [2.45, 2.75) is 31.3 Å². The number of hydrogen-bond donors (Lipinski definition) is 1. The predicted molar refractivity (Wildman–Crippen MR) is 86.7 cm³/mol. The topological polar surface area (TPSA) is 92.8 Å². The molecule has 0 spiro atoms. The molecule has 1 aliphatic carbocycles. The Morgan fingerprint density at radius 1 is 1.38 bits per heavy atom. The van der Waals surface area contributed by atoms with Crippen LogP contribution in [-0.2, 0) is 17.6 Å². The number of aryl methyl sites for hydroxylation is 2. The number of nitriles is 1. The van der Waals surface area contributed by atoms with E-state index in [0.717, 1.165) is 30.5 Å². The minimum atomic E-state index is -0.222. The highest BCUT2D eigenvalue weighted by atomic mass is 16.5. The number of pyridine rings is 1. The van der Waals surface area contributed by atoms with Gasteiger partial charge in [0.1, 0.15) is 17.9 Å². The van der Waals surface area contributed by atoms with Crippen LogP contribution < -0.4 is 10.9 Å². The van der Waals surface area contributed by atoms with Gasteiger partial charge in [0.15, 0.2) is 0 Å². The second-order valence-electron chi connectivity index (χ2n) is 6.12. The van der Waals surface area contributed by atoms with Crippen molar-refractivity contribution in [1.29, 1.82) is 5.26 Å². The molecule has 2 aromatic rings. The third kappa shape index (κ3) is 2.55. The van der Waals surface area contributed by atoms with Crippen LogP contribution in [0.15, 0.2) is 29.2 Å². The molecule has 1 fully saturated rings. The first-order valence-corrected chi connectivity index (χ1v) is 8.07. The third-order valence-corrected chi connectivity index (χ3v) is 4.60. The van der Waals surface area contributed by atoms with Gasteiger partial charge in [0.2, 0.25) is 0 Å². The van der Waals surface area contributed by atoms with E-state index in [9.17, 15) is 10.1 Å². The summed E-state index contributed by atoms with van der Waals surface area (Å²) in [5.74, 6) is 0.572. The maximum atomic E-state index is 12.0. The van der Waals surface area contributed by atoms with Gasteiger partial charge in [0.25, 0.3) is 5.56 Å². The zero-order valence-corrected chi connectivity index (χ0v) is 13.1. The van der Waals surface area contributed by atoms with E-state index in [0.29, 0.717) is 24.6 Å². The maximum absolute atomic E-state index is 12.0. The molecule has 1 saturated heterocycles. The molecule has 7 nitrogen and oxygen atoms in total. The lowest BCUT2D eigenvalue weighted by Gasteiger charge is -2.21. The highest BCUT2D eigenvalue weighted by molar-refractivity contribution is 5.55. The Balaban J connectivity index is 1.64. The lowest BCUT2D eigenvalue weighted by atomic mass is 10.1. The van der Waals surface area contributed by atoms with E-state index in [1.807, 2.05) is 6.07 Å². The Hall–Kier alpha value is -2.72. The number of anilines is 1. The van der Waals surface area contributed by atoms with Gasteiger partial charge in [-0.05, 0) is 37.0 Å². The summed E-state index contributed by atoms with van der Waals surface area (Å²) >= 11 is 0. The average Bonchev–Trinajstić information content (AvgIpc) is 3.23. The van der Waals surface area contributed by atoms with Gasteiger partial charge < -0.3 is 10.1 Å². The summed E-state index contributed by atoms with van der Waals surface area (Å²) in [6.07, 6.45) is 4.59. The molecule has 0 saturated carbocycles. The monoisotopic (exact) mass is 323 g/mol. The largest absolute Gasteiger partial charge is 0.377 e. The van der Waals surface area contributed by atoms with Crippen LogP contribution in [0.4, 0.5) is 5.82 Å². The first-order chi connectivity index (χ1) is 11.8. The van der Waals surface area contributed by atoms with Gasteiger partial charge in [-0.15, -0.1) is 0 Å². The molecular formula is C17H17N5O2. The van der Waals surface area contributed by atoms with Crippen LogP contribution in [0.3, 0.4) is 0 Å². The van der Waals surface area contributed by atoms with E-state index in [2.05, 4.69) is 21.5 Å². The Morgan fingerprint density at radius 2 is 2.29 bits per heavy atom. The van der Waals surface area contributed by atoms with Crippen molar-refractivity contribution >= 4 is 5.82 Å². The quantitative estimate of drug-likeness (QED) is 0.907. The van der Waals surface area contributed by atoms with Crippen molar-refractivity contribution in [3.63, 3.8) is 0 Å². The fourth-order valence-corrected chi connectivity index (χ4v) is 3.38. The molecule has 2 aromatic heterocycles. The summed E-state index contributed by atoms with van der Waals surface area (Å²) in [5.41, 5.74) is 2.59. The summed E-state index contributed by atoms with van der Waals surface area (Å²) < 4.78 is 6.98. The molecule has 0 aromatic carbocycles. The molecule has 4 rings (SSSR count). The van der Waals surface area contributed by atoms with Crippen LogP contribution in [-0.4, -0.2) is 34.0 Å². The molecule has 7 heteroatoms. The molecule has 2 atom stereocenters. The average molecular weight is 323 g/mol. The Morgan fingerprint density at radius 3 is 3.12 bits per heavy atom. The van der Waals surface area contributed by atoms with Crippen LogP contribution in [0, 0.1) is 11.3 Å². The zero-order valence-electron chi connectivity index (χ0n) is 13.1. The molecule has 24 heavy (non-hydrogen) atoms. The molecule has 2 unspecified atom stereocenters. The van der Waals surface area contributed by atoms with Gasteiger partial charge in [-0.2, -0.15) is 10.4 Å². The van der Waals surface area contributed by atoms with Gasteiger partial charge >= 0.3 is 0 Å². The number of rotatable bonds is 3. The number of ether oxygens (including phenoxy) is 1. The Bertz CT molecular complexity index is 870. The van der Waals surface area contributed by atoms with Gasteiger partial charge in [0, 0.05) is 18.0 Å². The van der Waals surface area contributed by atoms with Crippen molar-refractivity contribution < 1.29 is 4.74 Å². The third-order valence-electron chi connectivity index (χ3n) is 4.60. The predicted octanol–water partition coefficient (Wildman–Crippen LogP) is 1.05. The van der Waals surface area contributed by atoms with Gasteiger partial charge in [-0.1, -0.05) is 0 Å². The van der Waals surface area contributed by atoms with Gasteiger partial charge in [-0.25, -0.2) is 9.67 Å². The maximum Gasteiger partial charge on any atom is 0.267 e. The number of hydrogen-bond acceptors (Lipinski definition) is 6. The molecule has 0 radical (unpaired) electrons. The Labute approximate surface area is 138 Å². The molecule has 1 aliphatic heterocycles. The van der Waals surface area contributed by atoms with Crippen molar-refractivity contribution in [3.8, 4) is 6.07 Å². The lowest BCUT2D eigenvalue weighted by molar-refractivity contribution is 0.182. The van der Waals surface area contributed by atoms with Crippen molar-refractivity contribution in [3.05, 3.63) is 51.6 Å². The number of nitrogens with zero attached hydrogens (tertiary/aromatic N) is 4. The van der Waals surface area contributed by atoms with E-state index in [1.165, 1.54) is 10.7 Å². The summed E-state index contributed by atoms with van der Waals surface area (Å²) in [6.45, 7) is 0.846. The van der Waals surface area contributed by atoms with E-state index in [1.54, 1.807) is 12.3 Å². The van der Waals surface area contributed by atoms with Crippen molar-refractivity contribution in [2.24, 2.45) is 0 Å². The lowest BCUT2D eigenvalue weighted by Crippen LogP contribution is -2.37. The number of nitrogens with one attached hydrogen (secondary N) is 1. The molecule has 0 bridgehead atoms. The smallest absolute Gasteiger partial charge is 0.267 e. The van der Waals surface area contributed by atoms with Gasteiger partial charge in [-0.3, -0.25) is 4.79 Å². The minimum absolute atomic E-state index is 0.156. The Kier molecular flexibility index (Phi) is 3.75. The SMILES string of the molecule is N#Cc1cc2c(nc1NC1COCC1n1ncccc1=O)CCC2. The number of fused-ring (bicyclic) bond motifs is 1. The van der Waals surface area contributed by atoms with Crippen LogP contribution in [0.1, 0.15) is 29.3 Å². The molecule has 122 valence electrons. The normalized spacial score (nSPS) is 22.1. The summed E-state index contributed by atoms with van der Waals surface area (Å²) in [4.78, 5) is 16.7. The van der Waals surface area contributed by atoms with Crippen molar-refractivity contribution in [1.82, 2.24) is 14.8 Å². The first kappa shape index (κ1) is 14.8. The molecule has 0 amide bonds. The highest BCUT2D eigenvalue weighted by Gasteiger charge is 2.32. The summed E-state index contributed by atoms with van der Waals surface area (Å²) in [5, 5.41) is 16.9. The molecule has 2 aliphatic rings. The molecular weight excluding hydrogens is 306 g/mol. The zero-order chi connectivity index (χ0) is 16.5. The van der Waals surface area contributed by atoms with E-state index >= 15 is 0 Å². The second-order valence-corrected chi connectivity index (χ2v) is 6.12. The van der Waals surface area contributed by atoms with Crippen molar-refractivity contribution in [2.75, 3.05) is 18.5 Å². The molecule has 3 heterocycles. The van der Waals surface area contributed by atoms with E-state index < -0.39 is 0 Å². The van der Waals surface area contributed by atoms with Crippen LogP contribution in [0.25, 0.3) is 0 Å². The van der Waals surface area contributed by atoms with Crippen LogP contribution in [0.2, 0.25) is 0 Å². The fraction of sp³-hybridized carbons (Fsp3) is 0.412. The first-order valence-electron chi connectivity index (χ1n) is 8.07. The second kappa shape index (κ2) is 6.06.